The number of anilines is 1. The fourth-order valence-corrected chi connectivity index (χ4v) is 2.80. The Balaban J connectivity index is 2.18. The van der Waals surface area contributed by atoms with Crippen molar-refractivity contribution in [3.63, 3.8) is 0 Å². The first kappa shape index (κ1) is 15.8. The number of hydrogen-bond acceptors (Lipinski definition) is 5. The molecule has 1 aromatic rings. The average molecular weight is 292 g/mol. The lowest BCUT2D eigenvalue weighted by Crippen LogP contribution is -2.35. The van der Waals surface area contributed by atoms with Crippen LogP contribution in [0.3, 0.4) is 0 Å². The third-order valence-electron chi connectivity index (χ3n) is 3.88. The lowest BCUT2D eigenvalue weighted by molar-refractivity contribution is 0.0297. The van der Waals surface area contributed by atoms with Crippen molar-refractivity contribution < 1.29 is 14.3 Å². The maximum Gasteiger partial charge on any atom is 0.339 e. The van der Waals surface area contributed by atoms with Gasteiger partial charge in [0.25, 0.3) is 0 Å². The van der Waals surface area contributed by atoms with Crippen LogP contribution in [0.2, 0.25) is 0 Å². The minimum absolute atomic E-state index is 0.258. The molecule has 0 spiro atoms. The van der Waals surface area contributed by atoms with E-state index in [0.29, 0.717) is 11.7 Å². The zero-order chi connectivity index (χ0) is 15.2. The molecule has 116 valence electrons. The van der Waals surface area contributed by atoms with Crippen LogP contribution in [-0.4, -0.2) is 39.4 Å². The van der Waals surface area contributed by atoms with Gasteiger partial charge < -0.3 is 20.1 Å². The Kier molecular flexibility index (Phi) is 5.59. The van der Waals surface area contributed by atoms with Crippen LogP contribution in [0.1, 0.15) is 41.7 Å². The molecule has 0 radical (unpaired) electrons. The van der Waals surface area contributed by atoms with E-state index in [1.54, 1.807) is 0 Å². The van der Waals surface area contributed by atoms with Crippen molar-refractivity contribution in [2.24, 2.45) is 0 Å². The molecule has 2 rings (SSSR count). The Bertz CT molecular complexity index is 488. The summed E-state index contributed by atoms with van der Waals surface area (Å²) >= 11 is 0. The number of hydrogen-bond donors (Lipinski definition) is 2. The highest BCUT2D eigenvalue weighted by Crippen LogP contribution is 2.28. The summed E-state index contributed by atoms with van der Waals surface area (Å²) < 4.78 is 10.5. The Hall–Kier alpha value is -1.59. The van der Waals surface area contributed by atoms with Gasteiger partial charge in [-0.3, -0.25) is 0 Å². The number of piperidine rings is 1. The van der Waals surface area contributed by atoms with Crippen LogP contribution >= 0.6 is 0 Å². The van der Waals surface area contributed by atoms with Crippen LogP contribution in [0.25, 0.3) is 0 Å². The molecule has 5 heteroatoms. The zero-order valence-corrected chi connectivity index (χ0v) is 12.9. The number of ether oxygens (including phenoxy) is 2. The van der Waals surface area contributed by atoms with Gasteiger partial charge in [0.05, 0.1) is 18.8 Å². The van der Waals surface area contributed by atoms with Crippen LogP contribution in [0.5, 0.6) is 0 Å². The van der Waals surface area contributed by atoms with E-state index >= 15 is 0 Å². The SMILES string of the molecule is CCOC1CCNC(c2ccc(C(=O)OC)c(NC)c2)C1. The number of carbonyl (C=O) groups is 1. The molecule has 0 amide bonds. The van der Waals surface area contributed by atoms with E-state index in [2.05, 4.69) is 10.6 Å². The molecule has 0 bridgehead atoms. The highest BCUT2D eigenvalue weighted by molar-refractivity contribution is 5.95. The summed E-state index contributed by atoms with van der Waals surface area (Å²) in [6.45, 7) is 3.73. The largest absolute Gasteiger partial charge is 0.465 e. The molecule has 0 aromatic heterocycles. The predicted octanol–water partition coefficient (Wildman–Crippen LogP) is 2.34. The van der Waals surface area contributed by atoms with E-state index in [-0.39, 0.29) is 12.0 Å². The van der Waals surface area contributed by atoms with Gasteiger partial charge in [-0.15, -0.1) is 0 Å². The third kappa shape index (κ3) is 3.74. The first-order valence-electron chi connectivity index (χ1n) is 7.44. The van der Waals surface area contributed by atoms with E-state index in [9.17, 15) is 4.79 Å². The van der Waals surface area contributed by atoms with E-state index in [1.807, 2.05) is 32.2 Å². The molecule has 2 N–H and O–H groups in total. The molecule has 1 fully saturated rings. The molecular weight excluding hydrogens is 268 g/mol. The van der Waals surface area contributed by atoms with Gasteiger partial charge in [0, 0.05) is 25.4 Å². The summed E-state index contributed by atoms with van der Waals surface area (Å²) in [5.74, 6) is -0.324. The summed E-state index contributed by atoms with van der Waals surface area (Å²) in [6.07, 6.45) is 2.30. The quantitative estimate of drug-likeness (QED) is 0.816. The van der Waals surface area contributed by atoms with Gasteiger partial charge in [-0.2, -0.15) is 0 Å². The Morgan fingerprint density at radius 2 is 2.29 bits per heavy atom. The van der Waals surface area contributed by atoms with Gasteiger partial charge in [0.1, 0.15) is 0 Å². The van der Waals surface area contributed by atoms with Crippen molar-refractivity contribution >= 4 is 11.7 Å². The summed E-state index contributed by atoms with van der Waals surface area (Å²) in [5, 5.41) is 6.58. The van der Waals surface area contributed by atoms with Gasteiger partial charge in [-0.25, -0.2) is 4.79 Å². The predicted molar refractivity (Wildman–Crippen MR) is 82.7 cm³/mol. The van der Waals surface area contributed by atoms with E-state index < -0.39 is 0 Å². The number of methoxy groups -OCH3 is 1. The van der Waals surface area contributed by atoms with Crippen molar-refractivity contribution in [1.29, 1.82) is 0 Å². The zero-order valence-electron chi connectivity index (χ0n) is 12.9. The number of esters is 1. The molecule has 1 aromatic carbocycles. The highest BCUT2D eigenvalue weighted by atomic mass is 16.5. The smallest absolute Gasteiger partial charge is 0.339 e. The summed E-state index contributed by atoms with van der Waals surface area (Å²) in [5.41, 5.74) is 2.51. The average Bonchev–Trinajstić information content (AvgIpc) is 2.54. The fourth-order valence-electron chi connectivity index (χ4n) is 2.80. The number of carbonyl (C=O) groups excluding carboxylic acids is 1. The molecule has 1 saturated heterocycles. The Labute approximate surface area is 126 Å². The molecule has 5 nitrogen and oxygen atoms in total. The molecule has 2 atom stereocenters. The minimum Gasteiger partial charge on any atom is -0.465 e. The van der Waals surface area contributed by atoms with Crippen LogP contribution in [0.15, 0.2) is 18.2 Å². The van der Waals surface area contributed by atoms with Crippen LogP contribution in [0, 0.1) is 0 Å². The number of rotatable bonds is 5. The fraction of sp³-hybridized carbons (Fsp3) is 0.562. The highest BCUT2D eigenvalue weighted by Gasteiger charge is 2.24. The first-order chi connectivity index (χ1) is 10.2. The molecule has 0 aliphatic carbocycles. The second-order valence-electron chi connectivity index (χ2n) is 5.16. The topological polar surface area (TPSA) is 59.6 Å². The van der Waals surface area contributed by atoms with Crippen molar-refractivity contribution in [3.05, 3.63) is 29.3 Å². The number of nitrogens with one attached hydrogen (secondary N) is 2. The van der Waals surface area contributed by atoms with Crippen molar-refractivity contribution in [2.45, 2.75) is 31.9 Å². The Morgan fingerprint density at radius 3 is 2.95 bits per heavy atom. The molecule has 2 unspecified atom stereocenters. The van der Waals surface area contributed by atoms with Crippen LogP contribution < -0.4 is 10.6 Å². The molecule has 0 saturated carbocycles. The van der Waals surface area contributed by atoms with Crippen molar-refractivity contribution in [2.75, 3.05) is 32.6 Å². The van der Waals surface area contributed by atoms with Gasteiger partial charge in [-0.05, 0) is 44.0 Å². The lowest BCUT2D eigenvalue weighted by Gasteiger charge is -2.30. The monoisotopic (exact) mass is 292 g/mol. The maximum atomic E-state index is 11.7. The summed E-state index contributed by atoms with van der Waals surface area (Å²) in [4.78, 5) is 11.7. The standard InChI is InChI=1S/C16H24N2O3/c1-4-21-12-7-8-18-14(10-12)11-5-6-13(16(19)20-3)15(9-11)17-2/h5-6,9,12,14,17-18H,4,7-8,10H2,1-3H3. The molecular formula is C16H24N2O3. The minimum atomic E-state index is -0.324. The van der Waals surface area contributed by atoms with Crippen LogP contribution in [0.4, 0.5) is 5.69 Å². The second kappa shape index (κ2) is 7.43. The summed E-state index contributed by atoms with van der Waals surface area (Å²) in [7, 11) is 3.20. The molecule has 1 heterocycles. The van der Waals surface area contributed by atoms with Gasteiger partial charge in [0.15, 0.2) is 0 Å². The maximum absolute atomic E-state index is 11.7. The van der Waals surface area contributed by atoms with E-state index in [0.717, 1.165) is 37.2 Å². The van der Waals surface area contributed by atoms with Crippen LogP contribution in [-0.2, 0) is 9.47 Å². The van der Waals surface area contributed by atoms with Crippen molar-refractivity contribution in [3.8, 4) is 0 Å². The normalized spacial score (nSPS) is 21.9. The molecule has 21 heavy (non-hydrogen) atoms. The third-order valence-corrected chi connectivity index (χ3v) is 3.88. The lowest BCUT2D eigenvalue weighted by atomic mass is 9.94. The Morgan fingerprint density at radius 1 is 1.48 bits per heavy atom. The van der Waals surface area contributed by atoms with E-state index in [4.69, 9.17) is 9.47 Å². The summed E-state index contributed by atoms with van der Waals surface area (Å²) in [6, 6.07) is 6.07. The van der Waals surface area contributed by atoms with Crippen molar-refractivity contribution in [1.82, 2.24) is 5.32 Å². The van der Waals surface area contributed by atoms with Gasteiger partial charge >= 0.3 is 5.97 Å². The van der Waals surface area contributed by atoms with Gasteiger partial charge in [0.2, 0.25) is 0 Å². The van der Waals surface area contributed by atoms with Gasteiger partial charge in [-0.1, -0.05) is 6.07 Å². The molecule has 1 aliphatic heterocycles. The number of benzene rings is 1. The van der Waals surface area contributed by atoms with E-state index in [1.165, 1.54) is 7.11 Å². The molecule has 1 aliphatic rings. The second-order valence-corrected chi connectivity index (χ2v) is 5.16. The first-order valence-corrected chi connectivity index (χ1v) is 7.44.